The Bertz CT molecular complexity index is 354. The lowest BCUT2D eigenvalue weighted by Crippen LogP contribution is -2.38. The summed E-state index contributed by atoms with van der Waals surface area (Å²) in [5.41, 5.74) is 0.789. The van der Waals surface area contributed by atoms with Gasteiger partial charge >= 0.3 is 6.18 Å². The third kappa shape index (κ3) is 6.52. The summed E-state index contributed by atoms with van der Waals surface area (Å²) in [6.07, 6.45) is -1.14. The first-order valence-electron chi connectivity index (χ1n) is 4.90. The molecule has 0 radical (unpaired) electrons. The van der Waals surface area contributed by atoms with Gasteiger partial charge in [-0.05, 0) is 11.6 Å². The molecular weight excluding hydrogens is 235 g/mol. The SMILES string of the molecule is O=C(CNCC(F)(F)F)NCc1cccnc1. The van der Waals surface area contributed by atoms with E-state index in [0.29, 0.717) is 0 Å². The molecule has 0 saturated carbocycles. The molecule has 17 heavy (non-hydrogen) atoms. The Morgan fingerprint density at radius 3 is 2.76 bits per heavy atom. The fourth-order valence-electron chi connectivity index (χ4n) is 1.08. The van der Waals surface area contributed by atoms with E-state index in [1.54, 1.807) is 24.5 Å². The third-order valence-electron chi connectivity index (χ3n) is 1.82. The van der Waals surface area contributed by atoms with Gasteiger partial charge in [-0.25, -0.2) is 0 Å². The number of nitrogens with one attached hydrogen (secondary N) is 2. The van der Waals surface area contributed by atoms with Crippen LogP contribution in [-0.2, 0) is 11.3 Å². The summed E-state index contributed by atoms with van der Waals surface area (Å²) in [6.45, 7) is -1.28. The van der Waals surface area contributed by atoms with Crippen molar-refractivity contribution in [2.75, 3.05) is 13.1 Å². The lowest BCUT2D eigenvalue weighted by atomic mass is 10.3. The van der Waals surface area contributed by atoms with Gasteiger partial charge in [-0.3, -0.25) is 9.78 Å². The smallest absolute Gasteiger partial charge is 0.351 e. The number of pyridine rings is 1. The topological polar surface area (TPSA) is 54.0 Å². The molecule has 94 valence electrons. The monoisotopic (exact) mass is 247 g/mol. The maximum atomic E-state index is 11.8. The van der Waals surface area contributed by atoms with Crippen molar-refractivity contribution in [3.05, 3.63) is 30.1 Å². The standard InChI is InChI=1S/C10H12F3N3O/c11-10(12,13)7-15-6-9(17)16-5-8-2-1-3-14-4-8/h1-4,15H,5-7H2,(H,16,17). The molecule has 1 amide bonds. The molecule has 0 bridgehead atoms. The molecule has 0 aliphatic carbocycles. The molecule has 0 fully saturated rings. The van der Waals surface area contributed by atoms with Crippen LogP contribution in [0.3, 0.4) is 0 Å². The van der Waals surface area contributed by atoms with Gasteiger partial charge in [0.25, 0.3) is 0 Å². The number of carbonyl (C=O) groups excluding carboxylic acids is 1. The van der Waals surface area contributed by atoms with Gasteiger partial charge in [0, 0.05) is 18.9 Å². The van der Waals surface area contributed by atoms with E-state index in [1.165, 1.54) is 0 Å². The Balaban J connectivity index is 2.18. The van der Waals surface area contributed by atoms with Crippen LogP contribution in [0.1, 0.15) is 5.56 Å². The summed E-state index contributed by atoms with van der Waals surface area (Å²) in [7, 11) is 0. The lowest BCUT2D eigenvalue weighted by Gasteiger charge is -2.08. The Morgan fingerprint density at radius 2 is 2.18 bits per heavy atom. The minimum atomic E-state index is -4.30. The Kier molecular flexibility index (Phi) is 4.89. The molecular formula is C10H12F3N3O. The number of nitrogens with zero attached hydrogens (tertiary/aromatic N) is 1. The summed E-state index contributed by atoms with van der Waals surface area (Å²) in [6, 6.07) is 3.47. The third-order valence-corrected chi connectivity index (χ3v) is 1.82. The zero-order valence-corrected chi connectivity index (χ0v) is 8.92. The number of alkyl halides is 3. The van der Waals surface area contributed by atoms with E-state index in [0.717, 1.165) is 5.56 Å². The number of amides is 1. The molecule has 0 aromatic carbocycles. The van der Waals surface area contributed by atoms with Crippen molar-refractivity contribution in [1.29, 1.82) is 0 Å². The van der Waals surface area contributed by atoms with Gasteiger partial charge in [0.1, 0.15) is 0 Å². The van der Waals surface area contributed by atoms with E-state index in [-0.39, 0.29) is 13.1 Å². The van der Waals surface area contributed by atoms with E-state index in [1.807, 2.05) is 5.32 Å². The second kappa shape index (κ2) is 6.19. The summed E-state index contributed by atoms with van der Waals surface area (Å²) in [5.74, 6) is -0.488. The number of aromatic nitrogens is 1. The van der Waals surface area contributed by atoms with Gasteiger partial charge in [-0.1, -0.05) is 6.07 Å². The van der Waals surface area contributed by atoms with Crippen LogP contribution in [0.2, 0.25) is 0 Å². The minimum Gasteiger partial charge on any atom is -0.351 e. The highest BCUT2D eigenvalue weighted by Crippen LogP contribution is 2.11. The molecule has 1 rings (SSSR count). The van der Waals surface area contributed by atoms with Crippen LogP contribution in [0.25, 0.3) is 0 Å². The van der Waals surface area contributed by atoms with E-state index in [4.69, 9.17) is 0 Å². The average Bonchev–Trinajstić information content (AvgIpc) is 2.26. The number of carbonyl (C=O) groups is 1. The average molecular weight is 247 g/mol. The molecule has 1 aromatic heterocycles. The van der Waals surface area contributed by atoms with Gasteiger partial charge in [-0.15, -0.1) is 0 Å². The molecule has 1 aromatic rings. The highest BCUT2D eigenvalue weighted by molar-refractivity contribution is 5.77. The van der Waals surface area contributed by atoms with E-state index in [9.17, 15) is 18.0 Å². The lowest BCUT2D eigenvalue weighted by molar-refractivity contribution is -0.128. The van der Waals surface area contributed by atoms with Gasteiger partial charge in [-0.2, -0.15) is 13.2 Å². The van der Waals surface area contributed by atoms with E-state index >= 15 is 0 Å². The summed E-state index contributed by atoms with van der Waals surface area (Å²) in [5, 5.41) is 4.49. The number of hydrogen-bond donors (Lipinski definition) is 2. The van der Waals surface area contributed by atoms with Crippen LogP contribution in [0.5, 0.6) is 0 Å². The highest BCUT2D eigenvalue weighted by atomic mass is 19.4. The highest BCUT2D eigenvalue weighted by Gasteiger charge is 2.26. The molecule has 1 heterocycles. The Labute approximate surface area is 96.2 Å². The number of rotatable bonds is 5. The number of halogens is 3. The van der Waals surface area contributed by atoms with Crippen LogP contribution < -0.4 is 10.6 Å². The second-order valence-corrected chi connectivity index (χ2v) is 3.36. The van der Waals surface area contributed by atoms with Gasteiger partial charge in [0.05, 0.1) is 13.1 Å². The van der Waals surface area contributed by atoms with Gasteiger partial charge in [0.15, 0.2) is 0 Å². The molecule has 0 unspecified atom stereocenters. The van der Waals surface area contributed by atoms with Crippen molar-refractivity contribution >= 4 is 5.91 Å². The zero-order chi connectivity index (χ0) is 12.7. The predicted octanol–water partition coefficient (Wildman–Crippen LogP) is 0.850. The quantitative estimate of drug-likeness (QED) is 0.811. The molecule has 4 nitrogen and oxygen atoms in total. The first-order valence-corrected chi connectivity index (χ1v) is 4.90. The van der Waals surface area contributed by atoms with Crippen LogP contribution in [0.15, 0.2) is 24.5 Å². The Hall–Kier alpha value is -1.63. The maximum absolute atomic E-state index is 11.8. The fraction of sp³-hybridized carbons (Fsp3) is 0.400. The van der Waals surface area contributed by atoms with Gasteiger partial charge < -0.3 is 10.6 Å². The normalized spacial score (nSPS) is 11.2. The minimum absolute atomic E-state index is 0.250. The van der Waals surface area contributed by atoms with Crippen LogP contribution in [-0.4, -0.2) is 30.2 Å². The zero-order valence-electron chi connectivity index (χ0n) is 8.92. The Morgan fingerprint density at radius 1 is 1.41 bits per heavy atom. The molecule has 2 N–H and O–H groups in total. The van der Waals surface area contributed by atoms with Crippen molar-refractivity contribution in [3.8, 4) is 0 Å². The molecule has 0 atom stereocenters. The predicted molar refractivity (Wildman–Crippen MR) is 55.0 cm³/mol. The molecule has 0 saturated heterocycles. The first-order chi connectivity index (χ1) is 7.97. The largest absolute Gasteiger partial charge is 0.401 e. The molecule has 7 heteroatoms. The van der Waals surface area contributed by atoms with Crippen molar-refractivity contribution in [1.82, 2.24) is 15.6 Å². The summed E-state index contributed by atoms with van der Waals surface area (Å²) in [4.78, 5) is 15.0. The van der Waals surface area contributed by atoms with Crippen molar-refractivity contribution < 1.29 is 18.0 Å². The van der Waals surface area contributed by atoms with E-state index < -0.39 is 18.6 Å². The summed E-state index contributed by atoms with van der Waals surface area (Å²) >= 11 is 0. The van der Waals surface area contributed by atoms with Crippen LogP contribution in [0, 0.1) is 0 Å². The number of hydrogen-bond acceptors (Lipinski definition) is 3. The molecule has 0 spiro atoms. The fourth-order valence-corrected chi connectivity index (χ4v) is 1.08. The maximum Gasteiger partial charge on any atom is 0.401 e. The molecule has 0 aliphatic heterocycles. The van der Waals surface area contributed by atoms with E-state index in [2.05, 4.69) is 10.3 Å². The van der Waals surface area contributed by atoms with Gasteiger partial charge in [0.2, 0.25) is 5.91 Å². The first kappa shape index (κ1) is 13.4. The van der Waals surface area contributed by atoms with Crippen LogP contribution >= 0.6 is 0 Å². The second-order valence-electron chi connectivity index (χ2n) is 3.36. The van der Waals surface area contributed by atoms with Crippen molar-refractivity contribution in [2.24, 2.45) is 0 Å². The van der Waals surface area contributed by atoms with Crippen LogP contribution in [0.4, 0.5) is 13.2 Å². The molecule has 0 aliphatic rings. The van der Waals surface area contributed by atoms with Crippen molar-refractivity contribution in [3.63, 3.8) is 0 Å². The summed E-state index contributed by atoms with van der Waals surface area (Å²) < 4.78 is 35.3. The van der Waals surface area contributed by atoms with Crippen molar-refractivity contribution in [2.45, 2.75) is 12.7 Å².